The highest BCUT2D eigenvalue weighted by atomic mass is 35.5. The fourth-order valence-corrected chi connectivity index (χ4v) is 1.32. The van der Waals surface area contributed by atoms with Crippen molar-refractivity contribution in [2.45, 2.75) is 13.8 Å². The third-order valence-corrected chi connectivity index (χ3v) is 2.73. The average Bonchev–Trinajstić information content (AvgIpc) is 1.95. The van der Waals surface area contributed by atoms with Gasteiger partial charge in [-0.2, -0.15) is 0 Å². The van der Waals surface area contributed by atoms with E-state index in [0.29, 0.717) is 0 Å². The monoisotopic (exact) mass is 170 g/mol. The molecule has 0 N–H and O–H groups in total. The SMILES string of the molecule is CC1C=CC=CC1(C)C(=O)Cl. The normalized spacial score (nSPS) is 35.7. The molecule has 0 aliphatic heterocycles. The summed E-state index contributed by atoms with van der Waals surface area (Å²) in [6, 6.07) is 0. The van der Waals surface area contributed by atoms with E-state index >= 15 is 0 Å². The van der Waals surface area contributed by atoms with Gasteiger partial charge < -0.3 is 0 Å². The van der Waals surface area contributed by atoms with Crippen LogP contribution in [-0.4, -0.2) is 5.24 Å². The first-order valence-corrected chi connectivity index (χ1v) is 4.01. The summed E-state index contributed by atoms with van der Waals surface area (Å²) in [5, 5.41) is -0.286. The van der Waals surface area contributed by atoms with Crippen LogP contribution in [-0.2, 0) is 4.79 Å². The molecule has 2 heteroatoms. The first-order chi connectivity index (χ1) is 5.07. The van der Waals surface area contributed by atoms with Crippen molar-refractivity contribution in [2.24, 2.45) is 11.3 Å². The van der Waals surface area contributed by atoms with Gasteiger partial charge in [0.2, 0.25) is 5.24 Å². The molecular formula is C9H11ClO. The standard InChI is InChI=1S/C9H11ClO/c1-7-5-3-4-6-9(7,2)8(10)11/h3-7H,1-2H3. The Morgan fingerprint density at radius 2 is 2.18 bits per heavy atom. The van der Waals surface area contributed by atoms with E-state index < -0.39 is 5.41 Å². The van der Waals surface area contributed by atoms with Crippen LogP contribution in [0.25, 0.3) is 0 Å². The average molecular weight is 171 g/mol. The number of hydrogen-bond acceptors (Lipinski definition) is 1. The van der Waals surface area contributed by atoms with Crippen molar-refractivity contribution in [1.29, 1.82) is 0 Å². The number of hydrogen-bond donors (Lipinski definition) is 0. The minimum absolute atomic E-state index is 0.192. The van der Waals surface area contributed by atoms with E-state index in [-0.39, 0.29) is 11.2 Å². The lowest BCUT2D eigenvalue weighted by atomic mass is 9.76. The highest BCUT2D eigenvalue weighted by Gasteiger charge is 2.34. The Morgan fingerprint density at radius 3 is 2.55 bits per heavy atom. The molecule has 2 atom stereocenters. The first kappa shape index (κ1) is 8.54. The largest absolute Gasteiger partial charge is 0.280 e. The van der Waals surface area contributed by atoms with Crippen molar-refractivity contribution in [3.63, 3.8) is 0 Å². The second-order valence-electron chi connectivity index (χ2n) is 3.09. The molecule has 1 aliphatic carbocycles. The van der Waals surface area contributed by atoms with Crippen LogP contribution in [0, 0.1) is 11.3 Å². The van der Waals surface area contributed by atoms with Gasteiger partial charge >= 0.3 is 0 Å². The van der Waals surface area contributed by atoms with Gasteiger partial charge in [0.1, 0.15) is 0 Å². The van der Waals surface area contributed by atoms with Gasteiger partial charge in [-0.05, 0) is 24.4 Å². The van der Waals surface area contributed by atoms with Crippen molar-refractivity contribution >= 4 is 16.8 Å². The van der Waals surface area contributed by atoms with Gasteiger partial charge in [0.25, 0.3) is 0 Å². The first-order valence-electron chi connectivity index (χ1n) is 3.63. The molecule has 0 aromatic heterocycles. The molecule has 0 spiro atoms. The molecule has 0 aromatic rings. The maximum Gasteiger partial charge on any atom is 0.231 e. The van der Waals surface area contributed by atoms with Crippen molar-refractivity contribution in [2.75, 3.05) is 0 Å². The second kappa shape index (κ2) is 2.82. The molecule has 1 nitrogen and oxygen atoms in total. The van der Waals surface area contributed by atoms with Gasteiger partial charge in [-0.15, -0.1) is 0 Å². The number of allylic oxidation sites excluding steroid dienone is 4. The fraction of sp³-hybridized carbons (Fsp3) is 0.444. The predicted octanol–water partition coefficient (Wildman–Crippen LogP) is 2.52. The van der Waals surface area contributed by atoms with E-state index in [9.17, 15) is 4.79 Å². The highest BCUT2D eigenvalue weighted by Crippen LogP contribution is 2.34. The summed E-state index contributed by atoms with van der Waals surface area (Å²) < 4.78 is 0. The molecule has 0 saturated heterocycles. The molecular weight excluding hydrogens is 160 g/mol. The van der Waals surface area contributed by atoms with Crippen molar-refractivity contribution in [3.05, 3.63) is 24.3 Å². The highest BCUT2D eigenvalue weighted by molar-refractivity contribution is 6.65. The quantitative estimate of drug-likeness (QED) is 0.553. The van der Waals surface area contributed by atoms with E-state index in [1.54, 1.807) is 0 Å². The van der Waals surface area contributed by atoms with Gasteiger partial charge in [-0.3, -0.25) is 4.79 Å². The molecule has 0 amide bonds. The van der Waals surface area contributed by atoms with Crippen LogP contribution < -0.4 is 0 Å². The minimum Gasteiger partial charge on any atom is -0.280 e. The maximum atomic E-state index is 11.0. The van der Waals surface area contributed by atoms with Crippen molar-refractivity contribution < 1.29 is 4.79 Å². The van der Waals surface area contributed by atoms with E-state index in [4.69, 9.17) is 11.6 Å². The van der Waals surface area contributed by atoms with Crippen LogP contribution in [0.2, 0.25) is 0 Å². The molecule has 2 unspecified atom stereocenters. The molecule has 1 aliphatic rings. The molecule has 0 fully saturated rings. The molecule has 0 radical (unpaired) electrons. The fourth-order valence-electron chi connectivity index (χ4n) is 1.08. The van der Waals surface area contributed by atoms with Gasteiger partial charge in [0, 0.05) is 0 Å². The lowest BCUT2D eigenvalue weighted by Gasteiger charge is -2.28. The maximum absolute atomic E-state index is 11.0. The lowest BCUT2D eigenvalue weighted by molar-refractivity contribution is -0.118. The van der Waals surface area contributed by atoms with E-state index in [2.05, 4.69) is 0 Å². The number of carbonyl (C=O) groups is 1. The summed E-state index contributed by atoms with van der Waals surface area (Å²) in [6.07, 6.45) is 7.64. The molecule has 11 heavy (non-hydrogen) atoms. The summed E-state index contributed by atoms with van der Waals surface area (Å²) in [4.78, 5) is 11.0. The van der Waals surface area contributed by atoms with Crippen LogP contribution >= 0.6 is 11.6 Å². The van der Waals surface area contributed by atoms with Gasteiger partial charge in [0.05, 0.1) is 5.41 Å². The Bertz CT molecular complexity index is 230. The zero-order valence-corrected chi connectivity index (χ0v) is 7.43. The summed E-state index contributed by atoms with van der Waals surface area (Å²) in [5.74, 6) is 0.192. The van der Waals surface area contributed by atoms with E-state index in [0.717, 1.165) is 0 Å². The zero-order chi connectivity index (χ0) is 8.48. The molecule has 0 bridgehead atoms. The molecule has 1 rings (SSSR count). The van der Waals surface area contributed by atoms with Gasteiger partial charge in [-0.1, -0.05) is 31.2 Å². The van der Waals surface area contributed by atoms with Gasteiger partial charge in [0.15, 0.2) is 0 Å². The third-order valence-electron chi connectivity index (χ3n) is 2.32. The Morgan fingerprint density at radius 1 is 1.55 bits per heavy atom. The van der Waals surface area contributed by atoms with Crippen LogP contribution in [0.3, 0.4) is 0 Å². The third kappa shape index (κ3) is 1.38. The zero-order valence-electron chi connectivity index (χ0n) is 6.67. The Labute approximate surface area is 71.7 Å². The molecule has 0 aromatic carbocycles. The smallest absolute Gasteiger partial charge is 0.231 e. The van der Waals surface area contributed by atoms with Crippen molar-refractivity contribution in [1.82, 2.24) is 0 Å². The number of carbonyl (C=O) groups excluding carboxylic acids is 1. The van der Waals surface area contributed by atoms with Crippen LogP contribution in [0.1, 0.15) is 13.8 Å². The minimum atomic E-state index is -0.504. The molecule has 0 saturated carbocycles. The summed E-state index contributed by atoms with van der Waals surface area (Å²) in [6.45, 7) is 3.84. The predicted molar refractivity (Wildman–Crippen MR) is 46.4 cm³/mol. The number of halogens is 1. The Kier molecular flexibility index (Phi) is 2.19. The van der Waals surface area contributed by atoms with Crippen LogP contribution in [0.5, 0.6) is 0 Å². The summed E-state index contributed by atoms with van der Waals surface area (Å²) in [7, 11) is 0. The van der Waals surface area contributed by atoms with Gasteiger partial charge in [-0.25, -0.2) is 0 Å². The molecule has 60 valence electrons. The van der Waals surface area contributed by atoms with E-state index in [1.165, 1.54) is 0 Å². The number of rotatable bonds is 1. The van der Waals surface area contributed by atoms with E-state index in [1.807, 2.05) is 38.2 Å². The summed E-state index contributed by atoms with van der Waals surface area (Å²) in [5.41, 5.74) is -0.504. The van der Waals surface area contributed by atoms with Crippen molar-refractivity contribution in [3.8, 4) is 0 Å². The molecule has 0 heterocycles. The second-order valence-corrected chi connectivity index (χ2v) is 3.43. The van der Waals surface area contributed by atoms with Crippen LogP contribution in [0.15, 0.2) is 24.3 Å². The lowest BCUT2D eigenvalue weighted by Crippen LogP contribution is -2.29. The summed E-state index contributed by atoms with van der Waals surface area (Å²) >= 11 is 5.47. The topological polar surface area (TPSA) is 17.1 Å². The van der Waals surface area contributed by atoms with Crippen LogP contribution in [0.4, 0.5) is 0 Å². The Hall–Kier alpha value is -0.560. The Balaban J connectivity index is 2.94.